The molecule has 0 radical (unpaired) electrons. The second-order valence-electron chi connectivity index (χ2n) is 10.6. The molecule has 8 nitrogen and oxygen atoms in total. The zero-order chi connectivity index (χ0) is 25.9. The molecule has 0 bridgehead atoms. The minimum atomic E-state index is -0.494. The van der Waals surface area contributed by atoms with E-state index >= 15 is 0 Å². The molecule has 0 N–H and O–H groups in total. The molecule has 3 heterocycles. The Balaban J connectivity index is 1.15. The maximum atomic E-state index is 13.0. The molecule has 198 valence electrons. The van der Waals surface area contributed by atoms with Crippen LogP contribution in [0.3, 0.4) is 0 Å². The van der Waals surface area contributed by atoms with E-state index in [2.05, 4.69) is 18.1 Å². The zero-order valence-electron chi connectivity index (χ0n) is 21.5. The first kappa shape index (κ1) is 25.5. The molecule has 3 unspecified atom stereocenters. The number of aldehydes is 1. The molecule has 1 aromatic rings. The summed E-state index contributed by atoms with van der Waals surface area (Å²) < 4.78 is 5.42. The number of rotatable bonds is 9. The maximum absolute atomic E-state index is 13.0. The van der Waals surface area contributed by atoms with Crippen LogP contribution in [0.15, 0.2) is 55.3 Å². The molecule has 1 aromatic carbocycles. The third-order valence-corrected chi connectivity index (χ3v) is 8.55. The Hall–Kier alpha value is -3.13. The van der Waals surface area contributed by atoms with Crippen LogP contribution in [-0.2, 0) is 14.3 Å². The van der Waals surface area contributed by atoms with Gasteiger partial charge < -0.3 is 19.3 Å². The summed E-state index contributed by atoms with van der Waals surface area (Å²) in [6.07, 6.45) is 9.00. The summed E-state index contributed by atoms with van der Waals surface area (Å²) in [6.45, 7) is 11.5. The number of likely N-dealkylation sites (tertiary alicyclic amines) is 1. The lowest BCUT2D eigenvalue weighted by Gasteiger charge is -2.59. The van der Waals surface area contributed by atoms with Gasteiger partial charge in [0.2, 0.25) is 12.1 Å². The van der Waals surface area contributed by atoms with Crippen molar-refractivity contribution in [3.8, 4) is 0 Å². The van der Waals surface area contributed by atoms with Crippen LogP contribution in [0.5, 0.6) is 0 Å². The molecule has 3 aliphatic heterocycles. The van der Waals surface area contributed by atoms with Crippen LogP contribution in [0.25, 0.3) is 0 Å². The SMILES string of the molecule is C=CC1C(N2C(=O)OC2c2ccccc2)C(=C)N1[C@H](C=O)CCC(=O)N1CCN(C2CCCCC2)CC1. The van der Waals surface area contributed by atoms with Gasteiger partial charge in [0.05, 0.1) is 12.1 Å². The van der Waals surface area contributed by atoms with Crippen molar-refractivity contribution in [3.05, 3.63) is 60.8 Å². The Labute approximate surface area is 219 Å². The molecular formula is C29H38N4O4. The highest BCUT2D eigenvalue weighted by atomic mass is 16.6. The third kappa shape index (κ3) is 4.91. The second kappa shape index (κ2) is 11.1. The highest BCUT2D eigenvalue weighted by Crippen LogP contribution is 2.45. The molecule has 0 spiro atoms. The van der Waals surface area contributed by atoms with Crippen molar-refractivity contribution in [1.82, 2.24) is 19.6 Å². The highest BCUT2D eigenvalue weighted by Gasteiger charge is 2.55. The van der Waals surface area contributed by atoms with E-state index in [1.54, 1.807) is 11.0 Å². The average molecular weight is 507 g/mol. The molecule has 37 heavy (non-hydrogen) atoms. The summed E-state index contributed by atoms with van der Waals surface area (Å²) in [6, 6.07) is 9.15. The Morgan fingerprint density at radius 1 is 1.08 bits per heavy atom. The van der Waals surface area contributed by atoms with Crippen LogP contribution in [0.2, 0.25) is 0 Å². The quantitative estimate of drug-likeness (QED) is 0.376. The second-order valence-corrected chi connectivity index (χ2v) is 10.6. The van der Waals surface area contributed by atoms with Crippen molar-refractivity contribution in [2.45, 2.75) is 75.3 Å². The molecule has 5 rings (SSSR count). The van der Waals surface area contributed by atoms with E-state index in [0.717, 1.165) is 38.0 Å². The summed E-state index contributed by atoms with van der Waals surface area (Å²) in [4.78, 5) is 45.6. The summed E-state index contributed by atoms with van der Waals surface area (Å²) in [7, 11) is 0. The molecule has 1 aliphatic carbocycles. The van der Waals surface area contributed by atoms with Crippen molar-refractivity contribution >= 4 is 18.3 Å². The van der Waals surface area contributed by atoms with Crippen molar-refractivity contribution in [3.63, 3.8) is 0 Å². The predicted molar refractivity (Wildman–Crippen MR) is 140 cm³/mol. The Bertz CT molecular complexity index is 1020. The number of cyclic esters (lactones) is 1. The van der Waals surface area contributed by atoms with Crippen LogP contribution < -0.4 is 0 Å². The summed E-state index contributed by atoms with van der Waals surface area (Å²) >= 11 is 0. The van der Waals surface area contributed by atoms with Crippen LogP contribution >= 0.6 is 0 Å². The number of amides is 2. The van der Waals surface area contributed by atoms with E-state index < -0.39 is 18.4 Å². The molecule has 4 aliphatic rings. The summed E-state index contributed by atoms with van der Waals surface area (Å²) in [5.41, 5.74) is 1.56. The topological polar surface area (TPSA) is 73.4 Å². The van der Waals surface area contributed by atoms with Crippen LogP contribution in [0.4, 0.5) is 4.79 Å². The number of hydrogen-bond acceptors (Lipinski definition) is 6. The van der Waals surface area contributed by atoms with Gasteiger partial charge in [-0.1, -0.05) is 62.2 Å². The van der Waals surface area contributed by atoms with Gasteiger partial charge in [-0.3, -0.25) is 14.6 Å². The van der Waals surface area contributed by atoms with Gasteiger partial charge in [0.25, 0.3) is 0 Å². The van der Waals surface area contributed by atoms with Crippen LogP contribution in [0, 0.1) is 0 Å². The lowest BCUT2D eigenvalue weighted by molar-refractivity contribution is -0.146. The fourth-order valence-electron chi connectivity index (χ4n) is 6.46. The first-order chi connectivity index (χ1) is 18.0. The number of carbonyl (C=O) groups excluding carboxylic acids is 3. The van der Waals surface area contributed by atoms with Crippen molar-refractivity contribution in [2.24, 2.45) is 0 Å². The lowest BCUT2D eigenvalue weighted by Crippen LogP contribution is -2.70. The molecule has 4 fully saturated rings. The lowest BCUT2D eigenvalue weighted by atomic mass is 9.86. The number of hydrogen-bond donors (Lipinski definition) is 0. The number of piperazine rings is 1. The average Bonchev–Trinajstić information content (AvgIpc) is 2.95. The normalized spacial score (nSPS) is 27.7. The first-order valence-corrected chi connectivity index (χ1v) is 13.6. The zero-order valence-corrected chi connectivity index (χ0v) is 21.5. The molecule has 1 saturated carbocycles. The summed E-state index contributed by atoms with van der Waals surface area (Å²) in [5, 5.41) is 0. The van der Waals surface area contributed by atoms with E-state index in [-0.39, 0.29) is 18.0 Å². The van der Waals surface area contributed by atoms with Gasteiger partial charge in [0, 0.05) is 49.9 Å². The first-order valence-electron chi connectivity index (χ1n) is 13.6. The molecule has 4 atom stereocenters. The van der Waals surface area contributed by atoms with Gasteiger partial charge in [-0.05, 0) is 19.3 Å². The smallest absolute Gasteiger partial charge is 0.415 e. The third-order valence-electron chi connectivity index (χ3n) is 8.55. The Kier molecular flexibility index (Phi) is 7.65. The fourth-order valence-corrected chi connectivity index (χ4v) is 6.46. The largest absolute Gasteiger partial charge is 0.421 e. The van der Waals surface area contributed by atoms with Crippen LogP contribution in [0.1, 0.15) is 56.7 Å². The highest BCUT2D eigenvalue weighted by molar-refractivity contribution is 5.77. The minimum absolute atomic E-state index is 0.100. The number of ether oxygens (including phenoxy) is 1. The molecule has 8 heteroatoms. The van der Waals surface area contributed by atoms with E-state index in [9.17, 15) is 14.4 Å². The Morgan fingerprint density at radius 2 is 1.78 bits per heavy atom. The number of nitrogens with zero attached hydrogens (tertiary/aromatic N) is 4. The predicted octanol–water partition coefficient (Wildman–Crippen LogP) is 3.71. The Morgan fingerprint density at radius 3 is 2.41 bits per heavy atom. The van der Waals surface area contributed by atoms with Gasteiger partial charge in [-0.2, -0.15) is 0 Å². The minimum Gasteiger partial charge on any atom is -0.421 e. The van der Waals surface area contributed by atoms with Gasteiger partial charge in [-0.15, -0.1) is 6.58 Å². The van der Waals surface area contributed by atoms with Crippen molar-refractivity contribution < 1.29 is 19.1 Å². The van der Waals surface area contributed by atoms with Crippen molar-refractivity contribution in [1.29, 1.82) is 0 Å². The van der Waals surface area contributed by atoms with E-state index in [0.29, 0.717) is 24.6 Å². The van der Waals surface area contributed by atoms with Gasteiger partial charge in [0.15, 0.2) is 0 Å². The van der Waals surface area contributed by atoms with Gasteiger partial charge >= 0.3 is 6.09 Å². The number of carbonyl (C=O) groups is 3. The van der Waals surface area contributed by atoms with E-state index in [4.69, 9.17) is 4.74 Å². The molecule has 3 saturated heterocycles. The van der Waals surface area contributed by atoms with Gasteiger partial charge in [0.1, 0.15) is 12.3 Å². The van der Waals surface area contributed by atoms with Crippen molar-refractivity contribution in [2.75, 3.05) is 26.2 Å². The van der Waals surface area contributed by atoms with Crippen LogP contribution in [-0.4, -0.2) is 88.2 Å². The molecule has 2 amide bonds. The maximum Gasteiger partial charge on any atom is 0.415 e. The molecule has 0 aromatic heterocycles. The standard InChI is InChI=1S/C29H38N4O4/c1-3-25-27(33-28(37-29(33)36)22-10-6-4-7-11-22)21(2)32(25)24(20-34)14-15-26(35)31-18-16-30(17-19-31)23-12-8-5-9-13-23/h3-4,6-7,10-11,20,23-25,27-28H,1-2,5,8-9,12-19H2/t24-,25?,27?,28?/m0/s1. The monoisotopic (exact) mass is 506 g/mol. The van der Waals surface area contributed by atoms with Gasteiger partial charge in [-0.25, -0.2) is 4.79 Å². The van der Waals surface area contributed by atoms with E-state index in [1.807, 2.05) is 40.1 Å². The summed E-state index contributed by atoms with van der Waals surface area (Å²) in [5.74, 6) is 0.100. The molecular weight excluding hydrogens is 468 g/mol. The number of benzene rings is 1. The fraction of sp³-hybridized carbons (Fsp3) is 0.552. The van der Waals surface area contributed by atoms with E-state index in [1.165, 1.54) is 32.1 Å².